The zero-order valence-corrected chi connectivity index (χ0v) is 19.7. The summed E-state index contributed by atoms with van der Waals surface area (Å²) in [4.78, 5) is 9.14. The number of hydrogen-bond acceptors (Lipinski definition) is 6. The molecule has 7 nitrogen and oxygen atoms in total. The largest absolute Gasteiger partial charge is 0.396 e. The highest BCUT2D eigenvalue weighted by atomic mass is 32.2. The van der Waals surface area contributed by atoms with E-state index in [1.807, 2.05) is 18.2 Å². The van der Waals surface area contributed by atoms with Crippen molar-refractivity contribution in [1.82, 2.24) is 13.9 Å². The Hall–Kier alpha value is -3.75. The van der Waals surface area contributed by atoms with Crippen LogP contribution in [0.5, 0.6) is 0 Å². The molecule has 6 rings (SSSR count). The van der Waals surface area contributed by atoms with E-state index in [-0.39, 0.29) is 11.5 Å². The number of fused-ring (bicyclic) bond motifs is 2. The lowest BCUT2D eigenvalue weighted by atomic mass is 9.72. The summed E-state index contributed by atoms with van der Waals surface area (Å²) in [5.41, 5.74) is 3.50. The van der Waals surface area contributed by atoms with Gasteiger partial charge in [-0.15, -0.1) is 0 Å². The van der Waals surface area contributed by atoms with E-state index in [0.717, 1.165) is 34.8 Å². The van der Waals surface area contributed by atoms with Crippen LogP contribution in [0.25, 0.3) is 21.8 Å². The number of benzene rings is 3. The van der Waals surface area contributed by atoms with E-state index in [1.54, 1.807) is 48.7 Å². The lowest BCUT2D eigenvalue weighted by molar-refractivity contribution is 0.142. The van der Waals surface area contributed by atoms with Gasteiger partial charge in [-0.25, -0.2) is 22.4 Å². The zero-order chi connectivity index (χ0) is 24.0. The maximum absolute atomic E-state index is 13.1. The minimum absolute atomic E-state index is 0.247. The highest BCUT2D eigenvalue weighted by molar-refractivity contribution is 7.90. The van der Waals surface area contributed by atoms with Gasteiger partial charge in [-0.1, -0.05) is 24.3 Å². The number of nitrogens with zero attached hydrogens (tertiary/aromatic N) is 3. The number of rotatable bonds is 6. The number of nitrogens with one attached hydrogen (secondary N) is 1. The minimum atomic E-state index is -3.68. The van der Waals surface area contributed by atoms with Crippen molar-refractivity contribution in [1.29, 1.82) is 0 Å². The van der Waals surface area contributed by atoms with Crippen LogP contribution < -0.4 is 5.32 Å². The molecule has 0 radical (unpaired) electrons. The summed E-state index contributed by atoms with van der Waals surface area (Å²) in [5, 5.41) is 14.5. The summed E-state index contributed by atoms with van der Waals surface area (Å²) in [7, 11) is -3.68. The summed E-state index contributed by atoms with van der Waals surface area (Å²) in [6, 6.07) is 22.1. The molecule has 0 spiro atoms. The first kappa shape index (κ1) is 21.8. The molecular formula is C27H24N4O3S. The Morgan fingerprint density at radius 3 is 2.60 bits per heavy atom. The van der Waals surface area contributed by atoms with E-state index in [0.29, 0.717) is 23.2 Å². The molecule has 0 aliphatic heterocycles. The normalized spacial score (nSPS) is 18.0. The first-order valence-corrected chi connectivity index (χ1v) is 13.0. The van der Waals surface area contributed by atoms with E-state index in [2.05, 4.69) is 27.4 Å². The number of aliphatic hydroxyl groups excluding tert-OH is 1. The molecule has 0 saturated heterocycles. The van der Waals surface area contributed by atoms with Crippen molar-refractivity contribution in [3.05, 3.63) is 90.9 Å². The predicted octanol–water partition coefficient (Wildman–Crippen LogP) is 5.05. The van der Waals surface area contributed by atoms with Gasteiger partial charge in [0.25, 0.3) is 10.0 Å². The van der Waals surface area contributed by atoms with E-state index >= 15 is 0 Å². The topological polar surface area (TPSA) is 97.1 Å². The Balaban J connectivity index is 1.32. The van der Waals surface area contributed by atoms with Gasteiger partial charge in [0.05, 0.1) is 15.9 Å². The van der Waals surface area contributed by atoms with Crippen LogP contribution in [0.3, 0.4) is 0 Å². The van der Waals surface area contributed by atoms with Gasteiger partial charge in [0.1, 0.15) is 12.1 Å². The van der Waals surface area contributed by atoms with Crippen LogP contribution in [0.1, 0.15) is 24.3 Å². The number of aromatic nitrogens is 3. The Bertz CT molecular complexity index is 1640. The molecule has 2 N–H and O–H groups in total. The summed E-state index contributed by atoms with van der Waals surface area (Å²) >= 11 is 0. The van der Waals surface area contributed by atoms with Gasteiger partial charge in [-0.2, -0.15) is 0 Å². The molecule has 3 aromatic carbocycles. The molecule has 2 heterocycles. The molecule has 5 aromatic rings. The molecule has 0 bridgehead atoms. The lowest BCUT2D eigenvalue weighted by Gasteiger charge is -2.34. The fourth-order valence-corrected chi connectivity index (χ4v) is 6.21. The van der Waals surface area contributed by atoms with Crippen molar-refractivity contribution in [2.75, 3.05) is 11.9 Å². The van der Waals surface area contributed by atoms with Gasteiger partial charge >= 0.3 is 0 Å². The van der Waals surface area contributed by atoms with Crippen LogP contribution >= 0.6 is 0 Å². The molecule has 35 heavy (non-hydrogen) atoms. The molecule has 176 valence electrons. The summed E-state index contributed by atoms with van der Waals surface area (Å²) < 4.78 is 27.5. The van der Waals surface area contributed by atoms with Crippen molar-refractivity contribution < 1.29 is 13.5 Å². The number of anilines is 2. The second-order valence-electron chi connectivity index (χ2n) is 9.04. The molecule has 0 unspecified atom stereocenters. The van der Waals surface area contributed by atoms with Gasteiger partial charge in [0.15, 0.2) is 0 Å². The van der Waals surface area contributed by atoms with E-state index in [9.17, 15) is 13.5 Å². The smallest absolute Gasteiger partial charge is 0.268 e. The zero-order valence-electron chi connectivity index (χ0n) is 18.9. The molecule has 1 saturated carbocycles. The molecule has 0 atom stereocenters. The van der Waals surface area contributed by atoms with Crippen molar-refractivity contribution in [3.8, 4) is 0 Å². The molecule has 2 aromatic heterocycles. The first-order chi connectivity index (χ1) is 17.0. The monoisotopic (exact) mass is 484 g/mol. The van der Waals surface area contributed by atoms with E-state index < -0.39 is 10.0 Å². The molecule has 1 aliphatic carbocycles. The van der Waals surface area contributed by atoms with Crippen molar-refractivity contribution >= 4 is 43.3 Å². The standard InChI is InChI=1S/C27H24N4O3S/c32-16-18-12-21(13-18)19-6-8-25-24(15-19)27(29-17-28-25)30-22-7-9-26-20(14-22)10-11-31(26)35(33,34)23-4-2-1-3-5-23/h1-11,14-15,17-18,21,32H,12-13,16H2,(H,28,29,30)/t18-,21-. The van der Waals surface area contributed by atoms with Crippen LogP contribution in [-0.4, -0.2) is 34.1 Å². The lowest BCUT2D eigenvalue weighted by Crippen LogP contribution is -2.24. The van der Waals surface area contributed by atoms with Crippen LogP contribution in [-0.2, 0) is 10.0 Å². The molecular weight excluding hydrogens is 460 g/mol. The Kier molecular flexibility index (Phi) is 5.27. The molecule has 8 heteroatoms. The van der Waals surface area contributed by atoms with Gasteiger partial charge in [-0.05, 0) is 78.8 Å². The molecule has 1 fully saturated rings. The van der Waals surface area contributed by atoms with Crippen LogP contribution in [0.2, 0.25) is 0 Å². The fourth-order valence-electron chi connectivity index (χ4n) is 4.83. The van der Waals surface area contributed by atoms with E-state index in [4.69, 9.17) is 0 Å². The van der Waals surface area contributed by atoms with Crippen LogP contribution in [0.15, 0.2) is 90.2 Å². The SMILES string of the molecule is O=S(=O)(c1ccccc1)n1ccc2cc(Nc3ncnc4ccc([C@H]5C[C@H](CO)C5)cc34)ccc21. The van der Waals surface area contributed by atoms with Crippen molar-refractivity contribution in [2.24, 2.45) is 5.92 Å². The second kappa shape index (κ2) is 8.48. The van der Waals surface area contributed by atoms with Crippen LogP contribution in [0.4, 0.5) is 11.5 Å². The Morgan fingerprint density at radius 2 is 1.80 bits per heavy atom. The highest BCUT2D eigenvalue weighted by Gasteiger charge is 2.29. The number of hydrogen-bond donors (Lipinski definition) is 2. The average molecular weight is 485 g/mol. The Labute approximate surface area is 203 Å². The maximum Gasteiger partial charge on any atom is 0.268 e. The number of aliphatic hydroxyl groups is 1. The quantitative estimate of drug-likeness (QED) is 0.350. The summed E-state index contributed by atoms with van der Waals surface area (Å²) in [6.45, 7) is 0.247. The van der Waals surface area contributed by atoms with Crippen molar-refractivity contribution in [2.45, 2.75) is 23.7 Å². The van der Waals surface area contributed by atoms with Gasteiger partial charge in [-0.3, -0.25) is 0 Å². The van der Waals surface area contributed by atoms with Gasteiger partial charge in [0, 0.05) is 29.3 Å². The van der Waals surface area contributed by atoms with Crippen molar-refractivity contribution in [3.63, 3.8) is 0 Å². The second-order valence-corrected chi connectivity index (χ2v) is 10.9. The van der Waals surface area contributed by atoms with Crippen LogP contribution in [0, 0.1) is 5.92 Å². The van der Waals surface area contributed by atoms with E-state index in [1.165, 1.54) is 15.9 Å². The van der Waals surface area contributed by atoms with Gasteiger partial charge < -0.3 is 10.4 Å². The maximum atomic E-state index is 13.1. The molecule has 0 amide bonds. The summed E-state index contributed by atoms with van der Waals surface area (Å²) in [5.74, 6) is 1.54. The first-order valence-electron chi connectivity index (χ1n) is 11.6. The predicted molar refractivity (Wildman–Crippen MR) is 136 cm³/mol. The highest BCUT2D eigenvalue weighted by Crippen LogP contribution is 2.42. The fraction of sp³-hybridized carbons (Fsp3) is 0.185. The van der Waals surface area contributed by atoms with Gasteiger partial charge in [0.2, 0.25) is 0 Å². The Morgan fingerprint density at radius 1 is 0.971 bits per heavy atom. The third kappa shape index (κ3) is 3.84. The minimum Gasteiger partial charge on any atom is -0.396 e. The molecule has 1 aliphatic rings. The summed E-state index contributed by atoms with van der Waals surface area (Å²) in [6.07, 6.45) is 5.12. The third-order valence-corrected chi connectivity index (χ3v) is 8.55. The third-order valence-electron chi connectivity index (χ3n) is 6.84. The average Bonchev–Trinajstić information content (AvgIpc) is 3.28.